The molecule has 0 bridgehead atoms. The molecule has 0 saturated carbocycles. The highest BCUT2D eigenvalue weighted by atomic mass is 79.9. The molecule has 0 saturated heterocycles. The number of nitrogens with one attached hydrogen (secondary N) is 2. The van der Waals surface area contributed by atoms with Crippen LogP contribution < -0.4 is 15.5 Å². The highest BCUT2D eigenvalue weighted by Crippen LogP contribution is 2.36. The lowest BCUT2D eigenvalue weighted by Crippen LogP contribution is -2.15. The third kappa shape index (κ3) is 3.66. The third-order valence-electron chi connectivity index (χ3n) is 2.53. The molecule has 0 amide bonds. The van der Waals surface area contributed by atoms with Gasteiger partial charge in [0.05, 0.1) is 15.7 Å². The van der Waals surface area contributed by atoms with Crippen LogP contribution in [0, 0.1) is 0 Å². The lowest BCUT2D eigenvalue weighted by molar-refractivity contribution is 0.963. The summed E-state index contributed by atoms with van der Waals surface area (Å²) in [7, 11) is 5.44. The van der Waals surface area contributed by atoms with Crippen LogP contribution in [0.3, 0.4) is 0 Å². The molecular weight excluding hydrogens is 379 g/mol. The molecule has 2 rings (SSSR count). The SMILES string of the molecule is CNc1nc(Nc2ccc(Br)c(Cl)c2Cl)nc(N(C)C)n1. The van der Waals surface area contributed by atoms with E-state index in [9.17, 15) is 0 Å². The van der Waals surface area contributed by atoms with Gasteiger partial charge in [0.15, 0.2) is 0 Å². The maximum Gasteiger partial charge on any atom is 0.233 e. The Morgan fingerprint density at radius 1 is 1.05 bits per heavy atom. The Bertz CT molecular complexity index is 664. The standard InChI is InChI=1S/C12H13BrCl2N6/c1-16-10-18-11(20-12(19-10)21(2)3)17-7-5-4-6(13)8(14)9(7)15/h4-5H,1-3H3,(H2,16,17,18,19,20). The van der Waals surface area contributed by atoms with Crippen LogP contribution in [-0.4, -0.2) is 36.1 Å². The summed E-state index contributed by atoms with van der Waals surface area (Å²) in [6.07, 6.45) is 0. The maximum absolute atomic E-state index is 6.20. The molecule has 0 atom stereocenters. The van der Waals surface area contributed by atoms with Crippen molar-refractivity contribution in [1.29, 1.82) is 0 Å². The zero-order chi connectivity index (χ0) is 15.6. The van der Waals surface area contributed by atoms with E-state index < -0.39 is 0 Å². The molecule has 1 aromatic heterocycles. The molecule has 0 aliphatic heterocycles. The largest absolute Gasteiger partial charge is 0.357 e. The normalized spacial score (nSPS) is 10.4. The Morgan fingerprint density at radius 2 is 1.71 bits per heavy atom. The summed E-state index contributed by atoms with van der Waals surface area (Å²) in [5.41, 5.74) is 0.614. The van der Waals surface area contributed by atoms with Crippen molar-refractivity contribution < 1.29 is 0 Å². The van der Waals surface area contributed by atoms with Crippen LogP contribution in [0.2, 0.25) is 10.0 Å². The van der Waals surface area contributed by atoms with Crippen molar-refractivity contribution in [2.75, 3.05) is 36.7 Å². The Morgan fingerprint density at radius 3 is 2.33 bits per heavy atom. The van der Waals surface area contributed by atoms with E-state index in [-0.39, 0.29) is 0 Å². The number of halogens is 3. The van der Waals surface area contributed by atoms with Gasteiger partial charge in [-0.3, -0.25) is 0 Å². The Hall–Kier alpha value is -1.31. The molecule has 1 aromatic carbocycles. The molecule has 0 fully saturated rings. The van der Waals surface area contributed by atoms with Crippen LogP contribution in [-0.2, 0) is 0 Å². The Kier molecular flexibility index (Phi) is 5.08. The summed E-state index contributed by atoms with van der Waals surface area (Å²) in [6.45, 7) is 0. The van der Waals surface area contributed by atoms with E-state index in [0.29, 0.717) is 33.6 Å². The number of hydrogen-bond acceptors (Lipinski definition) is 6. The predicted molar refractivity (Wildman–Crippen MR) is 91.1 cm³/mol. The number of nitrogens with zero attached hydrogens (tertiary/aromatic N) is 4. The van der Waals surface area contributed by atoms with Crippen LogP contribution in [0.1, 0.15) is 0 Å². The van der Waals surface area contributed by atoms with Gasteiger partial charge in [-0.2, -0.15) is 15.0 Å². The van der Waals surface area contributed by atoms with E-state index in [1.807, 2.05) is 14.1 Å². The fourth-order valence-electron chi connectivity index (χ4n) is 1.48. The first-order valence-corrected chi connectivity index (χ1v) is 7.49. The average molecular weight is 392 g/mol. The second kappa shape index (κ2) is 6.64. The molecule has 2 aromatic rings. The van der Waals surface area contributed by atoms with E-state index in [4.69, 9.17) is 23.2 Å². The molecule has 21 heavy (non-hydrogen) atoms. The summed E-state index contributed by atoms with van der Waals surface area (Å²) >= 11 is 15.6. The van der Waals surface area contributed by atoms with Crippen molar-refractivity contribution in [2.24, 2.45) is 0 Å². The molecule has 0 spiro atoms. The van der Waals surface area contributed by atoms with Crippen molar-refractivity contribution in [1.82, 2.24) is 15.0 Å². The molecule has 112 valence electrons. The smallest absolute Gasteiger partial charge is 0.233 e. The first kappa shape index (κ1) is 16.1. The average Bonchev–Trinajstić information content (AvgIpc) is 2.47. The minimum absolute atomic E-state index is 0.373. The fourth-order valence-corrected chi connectivity index (χ4v) is 2.30. The molecule has 0 unspecified atom stereocenters. The minimum atomic E-state index is 0.373. The summed E-state index contributed by atoms with van der Waals surface area (Å²) in [6, 6.07) is 3.58. The number of anilines is 4. The molecule has 6 nitrogen and oxygen atoms in total. The van der Waals surface area contributed by atoms with E-state index >= 15 is 0 Å². The maximum atomic E-state index is 6.20. The van der Waals surface area contributed by atoms with Gasteiger partial charge in [0.1, 0.15) is 0 Å². The van der Waals surface area contributed by atoms with Gasteiger partial charge in [-0.05, 0) is 28.1 Å². The minimum Gasteiger partial charge on any atom is -0.357 e. The van der Waals surface area contributed by atoms with E-state index in [1.165, 1.54) is 0 Å². The quantitative estimate of drug-likeness (QED) is 0.773. The monoisotopic (exact) mass is 390 g/mol. The molecular formula is C12H13BrCl2N6. The second-order valence-electron chi connectivity index (χ2n) is 4.27. The Balaban J connectivity index is 2.39. The first-order valence-electron chi connectivity index (χ1n) is 5.94. The molecule has 0 aliphatic carbocycles. The number of aromatic nitrogens is 3. The molecule has 0 aliphatic rings. The Labute approximate surface area is 141 Å². The van der Waals surface area contributed by atoms with Gasteiger partial charge in [-0.25, -0.2) is 0 Å². The van der Waals surface area contributed by atoms with Gasteiger partial charge < -0.3 is 15.5 Å². The first-order chi connectivity index (χ1) is 9.92. The predicted octanol–water partition coefficient (Wildman–Crippen LogP) is 3.79. The van der Waals surface area contributed by atoms with E-state index in [1.54, 1.807) is 24.1 Å². The molecule has 9 heteroatoms. The van der Waals surface area contributed by atoms with Gasteiger partial charge in [-0.1, -0.05) is 23.2 Å². The third-order valence-corrected chi connectivity index (χ3v) is 4.30. The number of benzene rings is 1. The zero-order valence-corrected chi connectivity index (χ0v) is 14.7. The van der Waals surface area contributed by atoms with Crippen LogP contribution in [0.5, 0.6) is 0 Å². The van der Waals surface area contributed by atoms with Crippen molar-refractivity contribution >= 4 is 62.7 Å². The van der Waals surface area contributed by atoms with Crippen molar-refractivity contribution in [2.45, 2.75) is 0 Å². The van der Waals surface area contributed by atoms with Crippen LogP contribution >= 0.6 is 39.1 Å². The van der Waals surface area contributed by atoms with Gasteiger partial charge in [0.2, 0.25) is 17.8 Å². The van der Waals surface area contributed by atoms with Gasteiger partial charge >= 0.3 is 0 Å². The van der Waals surface area contributed by atoms with Crippen LogP contribution in [0.25, 0.3) is 0 Å². The summed E-state index contributed by atoms with van der Waals surface area (Å²) in [5, 5.41) is 6.75. The van der Waals surface area contributed by atoms with Crippen molar-refractivity contribution in [3.63, 3.8) is 0 Å². The topological polar surface area (TPSA) is 66.0 Å². The van der Waals surface area contributed by atoms with Crippen molar-refractivity contribution in [3.8, 4) is 0 Å². The summed E-state index contributed by atoms with van der Waals surface area (Å²) in [5.74, 6) is 1.35. The van der Waals surface area contributed by atoms with Gasteiger partial charge in [0.25, 0.3) is 0 Å². The summed E-state index contributed by atoms with van der Waals surface area (Å²) < 4.78 is 0.722. The molecule has 0 radical (unpaired) electrons. The number of hydrogen-bond donors (Lipinski definition) is 2. The highest BCUT2D eigenvalue weighted by Gasteiger charge is 2.12. The zero-order valence-electron chi connectivity index (χ0n) is 11.6. The van der Waals surface area contributed by atoms with Crippen LogP contribution in [0.15, 0.2) is 16.6 Å². The van der Waals surface area contributed by atoms with Crippen LogP contribution in [0.4, 0.5) is 23.5 Å². The van der Waals surface area contributed by atoms with E-state index in [0.717, 1.165) is 4.47 Å². The van der Waals surface area contributed by atoms with E-state index in [2.05, 4.69) is 41.5 Å². The molecule has 1 heterocycles. The second-order valence-corrected chi connectivity index (χ2v) is 5.89. The fraction of sp³-hybridized carbons (Fsp3) is 0.250. The van der Waals surface area contributed by atoms with Crippen molar-refractivity contribution in [3.05, 3.63) is 26.7 Å². The lowest BCUT2D eigenvalue weighted by Gasteiger charge is -2.14. The summed E-state index contributed by atoms with van der Waals surface area (Å²) in [4.78, 5) is 14.6. The molecule has 2 N–H and O–H groups in total. The highest BCUT2D eigenvalue weighted by molar-refractivity contribution is 9.10. The van der Waals surface area contributed by atoms with Gasteiger partial charge in [-0.15, -0.1) is 0 Å². The lowest BCUT2D eigenvalue weighted by atomic mass is 10.3. The number of rotatable bonds is 4. The van der Waals surface area contributed by atoms with Gasteiger partial charge in [0, 0.05) is 25.6 Å².